The third-order valence-electron chi connectivity index (χ3n) is 3.75. The molecule has 0 radical (unpaired) electrons. The molecular weight excluding hydrogens is 249 g/mol. The minimum atomic E-state index is -0.876. The van der Waals surface area contributed by atoms with Crippen LogP contribution in [0.3, 0.4) is 0 Å². The molecule has 0 aliphatic carbocycles. The molecule has 0 saturated carbocycles. The molecule has 1 aromatic rings. The fourth-order valence-corrected chi connectivity index (χ4v) is 2.58. The van der Waals surface area contributed by atoms with Gasteiger partial charge in [0.25, 0.3) is 5.91 Å². The van der Waals surface area contributed by atoms with Crippen molar-refractivity contribution in [3.63, 3.8) is 0 Å². The standard InChI is InChI=1S/C14H16FNO3/c1-8-7-10(15)3-4-11(8)13(17)16-6-5-12(9(16)2)14(18)19/h3-4,7,9,12H,5-6H2,1-2H3,(H,18,19). The monoisotopic (exact) mass is 265 g/mol. The highest BCUT2D eigenvalue weighted by Gasteiger charge is 2.38. The number of benzene rings is 1. The molecule has 2 rings (SSSR count). The Morgan fingerprint density at radius 1 is 1.42 bits per heavy atom. The first-order valence-electron chi connectivity index (χ1n) is 6.21. The van der Waals surface area contributed by atoms with Crippen LogP contribution in [0.25, 0.3) is 0 Å². The molecule has 1 heterocycles. The van der Waals surface area contributed by atoms with Gasteiger partial charge in [-0.2, -0.15) is 0 Å². The summed E-state index contributed by atoms with van der Waals surface area (Å²) in [5, 5.41) is 9.06. The highest BCUT2D eigenvalue weighted by Crippen LogP contribution is 2.26. The van der Waals surface area contributed by atoms with E-state index in [0.29, 0.717) is 24.1 Å². The van der Waals surface area contributed by atoms with Gasteiger partial charge in [0.05, 0.1) is 5.92 Å². The third kappa shape index (κ3) is 2.45. The van der Waals surface area contributed by atoms with E-state index >= 15 is 0 Å². The number of halogens is 1. The van der Waals surface area contributed by atoms with Crippen LogP contribution in [0.2, 0.25) is 0 Å². The molecule has 0 aromatic heterocycles. The van der Waals surface area contributed by atoms with E-state index in [0.717, 1.165) is 0 Å². The van der Waals surface area contributed by atoms with Crippen LogP contribution < -0.4 is 0 Å². The topological polar surface area (TPSA) is 57.6 Å². The van der Waals surface area contributed by atoms with Crippen LogP contribution in [0.1, 0.15) is 29.3 Å². The number of nitrogens with zero attached hydrogens (tertiary/aromatic N) is 1. The molecule has 0 spiro atoms. The summed E-state index contributed by atoms with van der Waals surface area (Å²) >= 11 is 0. The number of carbonyl (C=O) groups is 2. The normalized spacial score (nSPS) is 22.6. The fraction of sp³-hybridized carbons (Fsp3) is 0.429. The molecular formula is C14H16FNO3. The molecule has 1 amide bonds. The largest absolute Gasteiger partial charge is 0.481 e. The molecule has 1 aliphatic heterocycles. The summed E-state index contributed by atoms with van der Waals surface area (Å²) in [6, 6.07) is 3.67. The Hall–Kier alpha value is -1.91. The summed E-state index contributed by atoms with van der Waals surface area (Å²) in [6.07, 6.45) is 0.461. The van der Waals surface area contributed by atoms with Crippen LogP contribution in [-0.2, 0) is 4.79 Å². The first-order chi connectivity index (χ1) is 8.91. The number of carboxylic acids is 1. The molecule has 1 aromatic carbocycles. The van der Waals surface area contributed by atoms with E-state index in [1.54, 1.807) is 18.7 Å². The van der Waals surface area contributed by atoms with E-state index < -0.39 is 11.9 Å². The Balaban J connectivity index is 2.23. The van der Waals surface area contributed by atoms with Crippen LogP contribution >= 0.6 is 0 Å². The molecule has 102 valence electrons. The van der Waals surface area contributed by atoms with Crippen molar-refractivity contribution < 1.29 is 19.1 Å². The van der Waals surface area contributed by atoms with Crippen LogP contribution in [0.5, 0.6) is 0 Å². The van der Waals surface area contributed by atoms with Crippen molar-refractivity contribution in [1.29, 1.82) is 0 Å². The number of carboxylic acid groups (broad SMARTS) is 1. The molecule has 1 saturated heterocycles. The van der Waals surface area contributed by atoms with Crippen molar-refractivity contribution in [2.45, 2.75) is 26.3 Å². The predicted octanol–water partition coefficient (Wildman–Crippen LogP) is 2.07. The lowest BCUT2D eigenvalue weighted by atomic mass is 10.0. The van der Waals surface area contributed by atoms with Gasteiger partial charge in [0.1, 0.15) is 5.82 Å². The molecule has 2 atom stereocenters. The minimum absolute atomic E-state index is 0.228. The SMILES string of the molecule is Cc1cc(F)ccc1C(=O)N1CCC(C(=O)O)C1C. The van der Waals surface area contributed by atoms with Crippen molar-refractivity contribution in [3.8, 4) is 0 Å². The van der Waals surface area contributed by atoms with E-state index in [-0.39, 0.29) is 17.8 Å². The molecule has 19 heavy (non-hydrogen) atoms. The summed E-state index contributed by atoms with van der Waals surface area (Å²) < 4.78 is 13.0. The molecule has 5 heteroatoms. The summed E-state index contributed by atoms with van der Waals surface area (Å²) in [6.45, 7) is 3.84. The average molecular weight is 265 g/mol. The van der Waals surface area contributed by atoms with Gasteiger partial charge in [0.2, 0.25) is 0 Å². The van der Waals surface area contributed by atoms with Gasteiger partial charge in [-0.3, -0.25) is 9.59 Å². The Kier molecular flexibility index (Phi) is 3.55. The Morgan fingerprint density at radius 3 is 2.63 bits per heavy atom. The number of aryl methyl sites for hydroxylation is 1. The highest BCUT2D eigenvalue weighted by atomic mass is 19.1. The first-order valence-corrected chi connectivity index (χ1v) is 6.21. The highest BCUT2D eigenvalue weighted by molar-refractivity contribution is 5.96. The Labute approximate surface area is 110 Å². The van der Waals surface area contributed by atoms with Gasteiger partial charge in [-0.05, 0) is 44.0 Å². The van der Waals surface area contributed by atoms with E-state index in [4.69, 9.17) is 5.11 Å². The Bertz CT molecular complexity index is 529. The number of amides is 1. The van der Waals surface area contributed by atoms with Gasteiger partial charge < -0.3 is 10.0 Å². The van der Waals surface area contributed by atoms with Gasteiger partial charge in [-0.1, -0.05) is 0 Å². The number of hydrogen-bond donors (Lipinski definition) is 1. The van der Waals surface area contributed by atoms with Gasteiger partial charge in [0, 0.05) is 18.2 Å². The van der Waals surface area contributed by atoms with Crippen molar-refractivity contribution in [2.75, 3.05) is 6.54 Å². The van der Waals surface area contributed by atoms with Gasteiger partial charge in [0.15, 0.2) is 0 Å². The lowest BCUT2D eigenvalue weighted by Crippen LogP contribution is -2.37. The minimum Gasteiger partial charge on any atom is -0.481 e. The zero-order chi connectivity index (χ0) is 14.2. The van der Waals surface area contributed by atoms with E-state index in [1.165, 1.54) is 18.2 Å². The quantitative estimate of drug-likeness (QED) is 0.890. The van der Waals surface area contributed by atoms with E-state index in [9.17, 15) is 14.0 Å². The summed E-state index contributed by atoms with van der Waals surface area (Å²) in [5.41, 5.74) is 0.996. The maximum Gasteiger partial charge on any atom is 0.308 e. The lowest BCUT2D eigenvalue weighted by Gasteiger charge is -2.24. The number of hydrogen-bond acceptors (Lipinski definition) is 2. The van der Waals surface area contributed by atoms with Crippen LogP contribution in [0, 0.1) is 18.7 Å². The Morgan fingerprint density at radius 2 is 2.11 bits per heavy atom. The second kappa shape index (κ2) is 4.99. The lowest BCUT2D eigenvalue weighted by molar-refractivity contribution is -0.142. The second-order valence-electron chi connectivity index (χ2n) is 4.93. The number of rotatable bonds is 2. The van der Waals surface area contributed by atoms with Crippen LogP contribution in [-0.4, -0.2) is 34.5 Å². The summed E-state index contributed by atoms with van der Waals surface area (Å²) in [7, 11) is 0. The summed E-state index contributed by atoms with van der Waals surface area (Å²) in [5.74, 6) is -2.01. The van der Waals surface area contributed by atoms with E-state index in [1.807, 2.05) is 0 Å². The number of carbonyl (C=O) groups excluding carboxylic acids is 1. The van der Waals surface area contributed by atoms with E-state index in [2.05, 4.69) is 0 Å². The van der Waals surface area contributed by atoms with Gasteiger partial charge in [-0.25, -0.2) is 4.39 Å². The smallest absolute Gasteiger partial charge is 0.308 e. The molecule has 4 nitrogen and oxygen atoms in total. The second-order valence-corrected chi connectivity index (χ2v) is 4.93. The number of likely N-dealkylation sites (tertiary alicyclic amines) is 1. The van der Waals surface area contributed by atoms with Crippen LogP contribution in [0.15, 0.2) is 18.2 Å². The average Bonchev–Trinajstić information content (AvgIpc) is 2.70. The maximum atomic E-state index is 13.0. The molecule has 2 unspecified atom stereocenters. The zero-order valence-electron chi connectivity index (χ0n) is 10.9. The van der Waals surface area contributed by atoms with Crippen molar-refractivity contribution >= 4 is 11.9 Å². The fourth-order valence-electron chi connectivity index (χ4n) is 2.58. The van der Waals surface area contributed by atoms with Crippen molar-refractivity contribution in [1.82, 2.24) is 4.90 Å². The van der Waals surface area contributed by atoms with Gasteiger partial charge in [-0.15, -0.1) is 0 Å². The van der Waals surface area contributed by atoms with Crippen molar-refractivity contribution in [2.24, 2.45) is 5.92 Å². The van der Waals surface area contributed by atoms with Crippen molar-refractivity contribution in [3.05, 3.63) is 35.1 Å². The summed E-state index contributed by atoms with van der Waals surface area (Å²) in [4.78, 5) is 25.0. The molecule has 1 N–H and O–H groups in total. The predicted molar refractivity (Wildman–Crippen MR) is 67.4 cm³/mol. The third-order valence-corrected chi connectivity index (χ3v) is 3.75. The van der Waals surface area contributed by atoms with Gasteiger partial charge >= 0.3 is 5.97 Å². The zero-order valence-corrected chi connectivity index (χ0v) is 10.9. The van der Waals surface area contributed by atoms with Crippen LogP contribution in [0.4, 0.5) is 4.39 Å². The number of aliphatic carboxylic acids is 1. The molecule has 1 fully saturated rings. The maximum absolute atomic E-state index is 13.0. The first kappa shape index (κ1) is 13.5. The molecule has 0 bridgehead atoms. The molecule has 1 aliphatic rings.